The van der Waals surface area contributed by atoms with Crippen molar-refractivity contribution in [3.05, 3.63) is 41.6 Å². The average molecular weight is 243 g/mol. The predicted molar refractivity (Wildman–Crippen MR) is 69.0 cm³/mol. The number of nitrogens with two attached hydrogens (primary N) is 2. The second kappa shape index (κ2) is 3.78. The fourth-order valence-electron chi connectivity index (χ4n) is 2.00. The van der Waals surface area contributed by atoms with E-state index in [0.29, 0.717) is 23.9 Å². The molecule has 1 aliphatic rings. The Hall–Kier alpha value is -2.47. The number of rotatable bonds is 1. The number of hydrogen-bond donors (Lipinski definition) is 3. The van der Waals surface area contributed by atoms with Crippen LogP contribution in [0.3, 0.4) is 0 Å². The maximum absolute atomic E-state index is 10.0. The minimum Gasteiger partial charge on any atom is -0.394 e. The molecule has 0 aliphatic carbocycles. The monoisotopic (exact) mass is 243 g/mol. The number of anilines is 2. The summed E-state index contributed by atoms with van der Waals surface area (Å²) in [6.07, 6.45) is 3.28. The molecule has 1 aliphatic heterocycles. The fourth-order valence-corrected chi connectivity index (χ4v) is 2.00. The topological polar surface area (TPSA) is 93.3 Å². The van der Waals surface area contributed by atoms with Crippen LogP contribution in [0.4, 0.5) is 11.5 Å². The Balaban J connectivity index is 2.13. The van der Waals surface area contributed by atoms with E-state index in [4.69, 9.17) is 11.5 Å². The van der Waals surface area contributed by atoms with Gasteiger partial charge in [0.1, 0.15) is 0 Å². The van der Waals surface area contributed by atoms with Gasteiger partial charge >= 0.3 is 0 Å². The van der Waals surface area contributed by atoms with Crippen molar-refractivity contribution in [2.24, 2.45) is 0 Å². The van der Waals surface area contributed by atoms with Crippen molar-refractivity contribution in [2.45, 2.75) is 6.54 Å². The van der Waals surface area contributed by atoms with Gasteiger partial charge in [0, 0.05) is 0 Å². The van der Waals surface area contributed by atoms with Crippen molar-refractivity contribution in [1.82, 2.24) is 14.8 Å². The third kappa shape index (κ3) is 1.51. The van der Waals surface area contributed by atoms with E-state index in [9.17, 15) is 5.21 Å². The molecule has 0 saturated carbocycles. The Labute approximate surface area is 104 Å². The van der Waals surface area contributed by atoms with Gasteiger partial charge in [-0.2, -0.15) is 9.78 Å². The molecule has 2 heterocycles. The van der Waals surface area contributed by atoms with E-state index in [2.05, 4.69) is 5.10 Å². The molecule has 2 aromatic rings. The number of benzene rings is 1. The highest BCUT2D eigenvalue weighted by Gasteiger charge is 2.20. The molecular formula is C12H13N5O. The molecule has 0 unspecified atom stereocenters. The summed E-state index contributed by atoms with van der Waals surface area (Å²) in [6.45, 7) is 0.390. The zero-order valence-corrected chi connectivity index (χ0v) is 9.61. The molecule has 92 valence electrons. The van der Waals surface area contributed by atoms with E-state index in [-0.39, 0.29) is 0 Å². The van der Waals surface area contributed by atoms with Crippen molar-refractivity contribution in [2.75, 3.05) is 11.5 Å². The lowest BCUT2D eigenvalue weighted by Crippen LogP contribution is -2.25. The molecule has 3 rings (SSSR count). The summed E-state index contributed by atoms with van der Waals surface area (Å²) >= 11 is 0. The molecule has 6 nitrogen and oxygen atoms in total. The highest BCUT2D eigenvalue weighted by molar-refractivity contribution is 5.76. The molecule has 18 heavy (non-hydrogen) atoms. The summed E-state index contributed by atoms with van der Waals surface area (Å²) in [5.41, 5.74) is 13.9. The Kier molecular flexibility index (Phi) is 2.24. The molecule has 0 atom stereocenters. The van der Waals surface area contributed by atoms with Crippen molar-refractivity contribution in [3.63, 3.8) is 0 Å². The normalized spacial score (nSPS) is 14.3. The Morgan fingerprint density at radius 1 is 1.22 bits per heavy atom. The number of nitrogen functional groups attached to an aromatic ring is 2. The van der Waals surface area contributed by atoms with Crippen LogP contribution < -0.4 is 11.5 Å². The van der Waals surface area contributed by atoms with Crippen molar-refractivity contribution in [3.8, 4) is 0 Å². The van der Waals surface area contributed by atoms with Crippen molar-refractivity contribution < 1.29 is 5.21 Å². The van der Waals surface area contributed by atoms with Gasteiger partial charge in [-0.05, 0) is 17.2 Å². The third-order valence-corrected chi connectivity index (χ3v) is 2.98. The van der Waals surface area contributed by atoms with Gasteiger partial charge in [-0.15, -0.1) is 0 Å². The first-order valence-electron chi connectivity index (χ1n) is 5.52. The molecule has 0 fully saturated rings. The summed E-state index contributed by atoms with van der Waals surface area (Å²) in [7, 11) is 0. The maximum Gasteiger partial charge on any atom is 0.157 e. The molecule has 1 aromatic heterocycles. The summed E-state index contributed by atoms with van der Waals surface area (Å²) in [4.78, 5) is 0. The molecule has 6 heteroatoms. The Bertz CT molecular complexity index is 631. The zero-order valence-electron chi connectivity index (χ0n) is 9.61. The average Bonchev–Trinajstić information content (AvgIpc) is 2.69. The Morgan fingerprint density at radius 2 is 2.00 bits per heavy atom. The molecule has 0 spiro atoms. The zero-order chi connectivity index (χ0) is 12.7. The van der Waals surface area contributed by atoms with E-state index in [1.165, 1.54) is 10.9 Å². The fraction of sp³-hybridized carbons (Fsp3) is 0.0833. The lowest BCUT2D eigenvalue weighted by Gasteiger charge is -2.26. The number of fused-ring (bicyclic) bond motifs is 1. The van der Waals surface area contributed by atoms with Crippen LogP contribution in [0.15, 0.2) is 30.5 Å². The summed E-state index contributed by atoms with van der Waals surface area (Å²) in [6, 6.07) is 7.82. The predicted octanol–water partition coefficient (Wildman–Crippen LogP) is 1.21. The van der Waals surface area contributed by atoms with E-state index < -0.39 is 0 Å². The highest BCUT2D eigenvalue weighted by atomic mass is 16.5. The van der Waals surface area contributed by atoms with E-state index in [0.717, 1.165) is 16.2 Å². The van der Waals surface area contributed by atoms with Gasteiger partial charge in [0.25, 0.3) is 0 Å². The molecule has 0 saturated heterocycles. The minimum atomic E-state index is 0.319. The van der Waals surface area contributed by atoms with Crippen LogP contribution in [0.5, 0.6) is 0 Å². The van der Waals surface area contributed by atoms with Crippen molar-refractivity contribution in [1.29, 1.82) is 0 Å². The third-order valence-electron chi connectivity index (χ3n) is 2.98. The standard InChI is InChI=1S/C12H13N5O/c13-10-6-15-17(12(10)14)11-5-8-3-1-2-4-9(8)7-16(11)18/h1-6,18H,7,13-14H2. The number of aromatic nitrogens is 2. The van der Waals surface area contributed by atoms with Gasteiger partial charge < -0.3 is 11.5 Å². The van der Waals surface area contributed by atoms with Crippen LogP contribution in [-0.2, 0) is 6.54 Å². The smallest absolute Gasteiger partial charge is 0.157 e. The van der Waals surface area contributed by atoms with Gasteiger partial charge in [-0.25, -0.2) is 5.06 Å². The van der Waals surface area contributed by atoms with Gasteiger partial charge in [-0.3, -0.25) is 5.21 Å². The van der Waals surface area contributed by atoms with Crippen LogP contribution in [0.1, 0.15) is 11.1 Å². The summed E-state index contributed by atoms with van der Waals surface area (Å²) in [5, 5.41) is 15.2. The first-order chi connectivity index (χ1) is 8.66. The number of hydrogen-bond acceptors (Lipinski definition) is 5. The van der Waals surface area contributed by atoms with E-state index in [1.807, 2.05) is 30.3 Å². The molecular weight excluding hydrogens is 230 g/mol. The van der Waals surface area contributed by atoms with Crippen LogP contribution in [0.2, 0.25) is 0 Å². The maximum atomic E-state index is 10.0. The number of hydroxylamine groups is 2. The van der Waals surface area contributed by atoms with Gasteiger partial charge in [0.15, 0.2) is 11.6 Å². The highest BCUT2D eigenvalue weighted by Crippen LogP contribution is 2.28. The second-order valence-electron chi connectivity index (χ2n) is 4.16. The molecule has 0 bridgehead atoms. The van der Waals surface area contributed by atoms with Gasteiger partial charge in [-0.1, -0.05) is 24.3 Å². The van der Waals surface area contributed by atoms with Crippen LogP contribution >= 0.6 is 0 Å². The largest absolute Gasteiger partial charge is 0.394 e. The minimum absolute atomic E-state index is 0.319. The van der Waals surface area contributed by atoms with Crippen LogP contribution in [0, 0.1) is 0 Å². The Morgan fingerprint density at radius 3 is 2.72 bits per heavy atom. The summed E-state index contributed by atoms with van der Waals surface area (Å²) < 4.78 is 1.42. The van der Waals surface area contributed by atoms with Gasteiger partial charge in [0.05, 0.1) is 18.4 Å². The molecule has 5 N–H and O–H groups in total. The second-order valence-corrected chi connectivity index (χ2v) is 4.16. The van der Waals surface area contributed by atoms with E-state index >= 15 is 0 Å². The van der Waals surface area contributed by atoms with E-state index in [1.54, 1.807) is 0 Å². The number of nitrogens with zero attached hydrogens (tertiary/aromatic N) is 3. The van der Waals surface area contributed by atoms with Crippen LogP contribution in [-0.4, -0.2) is 20.1 Å². The van der Waals surface area contributed by atoms with Crippen LogP contribution in [0.25, 0.3) is 11.9 Å². The quantitative estimate of drug-likeness (QED) is 0.700. The molecule has 0 amide bonds. The van der Waals surface area contributed by atoms with Gasteiger partial charge in [0.2, 0.25) is 0 Å². The lowest BCUT2D eigenvalue weighted by molar-refractivity contribution is -0.0428. The summed E-state index contributed by atoms with van der Waals surface area (Å²) in [5.74, 6) is 0.808. The molecule has 0 radical (unpaired) electrons. The van der Waals surface area contributed by atoms with Crippen molar-refractivity contribution >= 4 is 23.4 Å². The first-order valence-corrected chi connectivity index (χ1v) is 5.52. The first kappa shape index (κ1) is 10.7. The molecule has 1 aromatic carbocycles. The lowest BCUT2D eigenvalue weighted by atomic mass is 10.0. The SMILES string of the molecule is Nc1cnn(C2=Cc3ccccc3CN2O)c1N.